The van der Waals surface area contributed by atoms with E-state index in [1.165, 1.54) is 0 Å². The van der Waals surface area contributed by atoms with Crippen molar-refractivity contribution in [2.45, 2.75) is 26.9 Å². The van der Waals surface area contributed by atoms with E-state index in [2.05, 4.69) is 10.2 Å². The zero-order valence-corrected chi connectivity index (χ0v) is 12.5. The van der Waals surface area contributed by atoms with Crippen LogP contribution in [-0.4, -0.2) is 22.2 Å². The van der Waals surface area contributed by atoms with Crippen molar-refractivity contribution >= 4 is 40.6 Å². The topological polar surface area (TPSA) is 42.9 Å². The average Bonchev–Trinajstić information content (AvgIpc) is 2.86. The first-order valence-electron chi connectivity index (χ1n) is 5.41. The van der Waals surface area contributed by atoms with Gasteiger partial charge in [0.25, 0.3) is 0 Å². The van der Waals surface area contributed by atoms with E-state index in [4.69, 9.17) is 0 Å². The molecule has 6 heteroatoms. The molecule has 0 saturated carbocycles. The third-order valence-corrected chi connectivity index (χ3v) is 5.22. The molecule has 0 aliphatic carbocycles. The van der Waals surface area contributed by atoms with E-state index < -0.39 is 0 Å². The summed E-state index contributed by atoms with van der Waals surface area (Å²) in [6, 6.07) is 7.64. The first-order valence-corrected chi connectivity index (χ1v) is 8.27. The van der Waals surface area contributed by atoms with Crippen LogP contribution in [0.3, 0.4) is 0 Å². The number of aromatic nitrogens is 2. The Morgan fingerprint density at radius 1 is 1.22 bits per heavy atom. The molecule has 1 aromatic carbocycles. The summed E-state index contributed by atoms with van der Waals surface area (Å²) in [6.07, 6.45) is 2.53. The maximum atomic E-state index is 11.5. The second-order valence-corrected chi connectivity index (χ2v) is 6.79. The molecule has 0 saturated heterocycles. The number of thioether (sulfide) groups is 1. The molecule has 0 aliphatic rings. The van der Waals surface area contributed by atoms with Crippen molar-refractivity contribution in [3.8, 4) is 0 Å². The molecule has 0 fully saturated rings. The van der Waals surface area contributed by atoms with Gasteiger partial charge in [0, 0.05) is 16.9 Å². The minimum atomic E-state index is 0.173. The van der Waals surface area contributed by atoms with Gasteiger partial charge in [-0.15, -0.1) is 10.2 Å². The molecule has 2 rings (SSSR count). The Balaban J connectivity index is 2.08. The molecule has 3 nitrogen and oxygen atoms in total. The van der Waals surface area contributed by atoms with Crippen LogP contribution in [0.4, 0.5) is 0 Å². The Bertz CT molecular complexity index is 537. The predicted molar refractivity (Wildman–Crippen MR) is 76.9 cm³/mol. The largest absolute Gasteiger partial charge is 0.294 e. The Labute approximate surface area is 118 Å². The summed E-state index contributed by atoms with van der Waals surface area (Å²) in [7, 11) is 0. The van der Waals surface area contributed by atoms with Crippen molar-refractivity contribution in [2.24, 2.45) is 0 Å². The van der Waals surface area contributed by atoms with Crippen molar-refractivity contribution in [3.63, 3.8) is 0 Å². The van der Waals surface area contributed by atoms with Crippen LogP contribution in [0, 0.1) is 0 Å². The Morgan fingerprint density at radius 2 is 1.89 bits per heavy atom. The van der Waals surface area contributed by atoms with Gasteiger partial charge >= 0.3 is 0 Å². The van der Waals surface area contributed by atoms with E-state index >= 15 is 0 Å². The van der Waals surface area contributed by atoms with Gasteiger partial charge in [-0.25, -0.2) is 0 Å². The number of ketones is 1. The fourth-order valence-corrected chi connectivity index (χ4v) is 3.75. The molecule has 0 bridgehead atoms. The number of hydrogen-bond donors (Lipinski definition) is 0. The second-order valence-electron chi connectivity index (χ2n) is 3.44. The van der Waals surface area contributed by atoms with Gasteiger partial charge in [-0.3, -0.25) is 4.79 Å². The molecule has 0 radical (unpaired) electrons. The molecular weight excluding hydrogens is 284 g/mol. The standard InChI is InChI=1S/C12H12N2OS3/c1-3-10(15)8-4-6-9(7-5-8)17-12-14-13-11(16-2)18-12/h4-7H,3H2,1-2H3. The molecule has 0 spiro atoms. The molecule has 1 heterocycles. The van der Waals surface area contributed by atoms with Crippen molar-refractivity contribution in [3.05, 3.63) is 29.8 Å². The van der Waals surface area contributed by atoms with E-state index in [9.17, 15) is 4.79 Å². The number of benzene rings is 1. The summed E-state index contributed by atoms with van der Waals surface area (Å²) in [5.74, 6) is 0.173. The van der Waals surface area contributed by atoms with Gasteiger partial charge in [-0.05, 0) is 18.4 Å². The summed E-state index contributed by atoms with van der Waals surface area (Å²) in [5, 5.41) is 8.15. The fraction of sp³-hybridized carbons (Fsp3) is 0.250. The highest BCUT2D eigenvalue weighted by atomic mass is 32.2. The lowest BCUT2D eigenvalue weighted by atomic mass is 10.1. The summed E-state index contributed by atoms with van der Waals surface area (Å²) in [5.41, 5.74) is 0.768. The Hall–Kier alpha value is -0.850. The first kappa shape index (κ1) is 13.6. The molecular formula is C12H12N2OS3. The summed E-state index contributed by atoms with van der Waals surface area (Å²) < 4.78 is 1.89. The zero-order chi connectivity index (χ0) is 13.0. The van der Waals surface area contributed by atoms with Gasteiger partial charge in [0.1, 0.15) is 0 Å². The number of rotatable bonds is 5. The molecule has 2 aromatic rings. The minimum Gasteiger partial charge on any atom is -0.294 e. The van der Waals surface area contributed by atoms with Crippen molar-refractivity contribution in [2.75, 3.05) is 6.26 Å². The van der Waals surface area contributed by atoms with Crippen molar-refractivity contribution < 1.29 is 4.79 Å². The van der Waals surface area contributed by atoms with Gasteiger partial charge in [-0.1, -0.05) is 53.9 Å². The van der Waals surface area contributed by atoms with Crippen LogP contribution in [0.5, 0.6) is 0 Å². The molecule has 1 aromatic heterocycles. The van der Waals surface area contributed by atoms with Gasteiger partial charge in [-0.2, -0.15) is 0 Å². The van der Waals surface area contributed by atoms with Gasteiger partial charge in [0.05, 0.1) is 0 Å². The number of carbonyl (C=O) groups excluding carboxylic acids is 1. The van der Waals surface area contributed by atoms with Crippen molar-refractivity contribution in [1.29, 1.82) is 0 Å². The normalized spacial score (nSPS) is 10.6. The van der Waals surface area contributed by atoms with E-state index in [1.54, 1.807) is 34.9 Å². The lowest BCUT2D eigenvalue weighted by Gasteiger charge is -2.00. The minimum absolute atomic E-state index is 0.173. The van der Waals surface area contributed by atoms with Gasteiger partial charge < -0.3 is 0 Å². The van der Waals surface area contributed by atoms with E-state index in [-0.39, 0.29) is 5.78 Å². The van der Waals surface area contributed by atoms with Crippen LogP contribution in [0.1, 0.15) is 23.7 Å². The lowest BCUT2D eigenvalue weighted by Crippen LogP contribution is -1.95. The van der Waals surface area contributed by atoms with Gasteiger partial charge in [0.15, 0.2) is 14.5 Å². The SMILES string of the molecule is CCC(=O)c1ccc(Sc2nnc(SC)s2)cc1. The highest BCUT2D eigenvalue weighted by Gasteiger charge is 2.06. The van der Waals surface area contributed by atoms with Crippen LogP contribution in [0.2, 0.25) is 0 Å². The van der Waals surface area contributed by atoms with Crippen LogP contribution >= 0.6 is 34.9 Å². The predicted octanol–water partition coefficient (Wildman–Crippen LogP) is 4.00. The van der Waals surface area contributed by atoms with E-state index in [0.717, 1.165) is 19.1 Å². The Morgan fingerprint density at radius 3 is 2.44 bits per heavy atom. The smallest absolute Gasteiger partial charge is 0.179 e. The molecule has 94 valence electrons. The van der Waals surface area contributed by atoms with Crippen LogP contribution in [0.15, 0.2) is 37.8 Å². The highest BCUT2D eigenvalue weighted by molar-refractivity contribution is 8.03. The monoisotopic (exact) mass is 296 g/mol. The number of hydrogen-bond acceptors (Lipinski definition) is 6. The highest BCUT2D eigenvalue weighted by Crippen LogP contribution is 2.32. The molecule has 0 aliphatic heterocycles. The first-order chi connectivity index (χ1) is 8.72. The molecule has 18 heavy (non-hydrogen) atoms. The number of nitrogens with zero attached hydrogens (tertiary/aromatic N) is 2. The zero-order valence-electron chi connectivity index (χ0n) is 10.0. The lowest BCUT2D eigenvalue weighted by molar-refractivity contribution is 0.0988. The fourth-order valence-electron chi connectivity index (χ4n) is 1.33. The maximum absolute atomic E-state index is 11.5. The number of carbonyl (C=O) groups is 1. The Kier molecular flexibility index (Phi) is 4.79. The van der Waals surface area contributed by atoms with Crippen LogP contribution in [-0.2, 0) is 0 Å². The summed E-state index contributed by atoms with van der Waals surface area (Å²) in [6.45, 7) is 1.87. The quantitative estimate of drug-likeness (QED) is 0.616. The van der Waals surface area contributed by atoms with Gasteiger partial charge in [0.2, 0.25) is 0 Å². The van der Waals surface area contributed by atoms with Crippen LogP contribution in [0.25, 0.3) is 0 Å². The molecule has 0 N–H and O–H groups in total. The molecule has 0 amide bonds. The summed E-state index contributed by atoms with van der Waals surface area (Å²) >= 11 is 4.75. The third-order valence-electron chi connectivity index (χ3n) is 2.27. The average molecular weight is 296 g/mol. The molecule has 0 atom stereocenters. The summed E-state index contributed by atoms with van der Waals surface area (Å²) in [4.78, 5) is 12.6. The van der Waals surface area contributed by atoms with Crippen molar-refractivity contribution in [1.82, 2.24) is 10.2 Å². The van der Waals surface area contributed by atoms with E-state index in [1.807, 2.05) is 37.4 Å². The third kappa shape index (κ3) is 3.34. The van der Waals surface area contributed by atoms with Crippen LogP contribution < -0.4 is 0 Å². The van der Waals surface area contributed by atoms with E-state index in [0.29, 0.717) is 6.42 Å². The molecule has 0 unspecified atom stereocenters. The number of Topliss-reactive ketones (excluding diaryl/α,β-unsaturated/α-hetero) is 1. The maximum Gasteiger partial charge on any atom is 0.179 e. The second kappa shape index (κ2) is 6.36.